The zero-order valence-corrected chi connectivity index (χ0v) is 12.6. The number of nitrogens with one attached hydrogen (secondary N) is 1. The SMILES string of the molecule is COCCCCNC(=O)CCN1C(=O)c2ccccc2C1=O. The molecule has 1 aliphatic rings. The van der Waals surface area contributed by atoms with E-state index in [-0.39, 0.29) is 30.7 Å². The predicted octanol–water partition coefficient (Wildman–Crippen LogP) is 1.22. The van der Waals surface area contributed by atoms with Crippen molar-refractivity contribution in [3.8, 4) is 0 Å². The van der Waals surface area contributed by atoms with E-state index in [1.54, 1.807) is 31.4 Å². The number of rotatable bonds is 8. The molecule has 22 heavy (non-hydrogen) atoms. The Morgan fingerprint density at radius 3 is 2.36 bits per heavy atom. The second kappa shape index (κ2) is 7.70. The van der Waals surface area contributed by atoms with Crippen molar-refractivity contribution in [3.05, 3.63) is 35.4 Å². The van der Waals surface area contributed by atoms with E-state index in [2.05, 4.69) is 5.32 Å². The van der Waals surface area contributed by atoms with E-state index in [0.717, 1.165) is 17.7 Å². The zero-order chi connectivity index (χ0) is 15.9. The minimum atomic E-state index is -0.325. The topological polar surface area (TPSA) is 75.7 Å². The average Bonchev–Trinajstić information content (AvgIpc) is 2.77. The van der Waals surface area contributed by atoms with Gasteiger partial charge < -0.3 is 10.1 Å². The summed E-state index contributed by atoms with van der Waals surface area (Å²) in [4.78, 5) is 37.1. The number of hydrogen-bond donors (Lipinski definition) is 1. The molecule has 6 heteroatoms. The van der Waals surface area contributed by atoms with Crippen LogP contribution >= 0.6 is 0 Å². The number of imide groups is 1. The van der Waals surface area contributed by atoms with Gasteiger partial charge in [-0.05, 0) is 25.0 Å². The molecule has 0 unspecified atom stereocenters. The summed E-state index contributed by atoms with van der Waals surface area (Å²) in [7, 11) is 1.64. The molecule has 0 atom stereocenters. The molecule has 6 nitrogen and oxygen atoms in total. The molecule has 0 saturated heterocycles. The number of unbranched alkanes of at least 4 members (excludes halogenated alkanes) is 1. The van der Waals surface area contributed by atoms with Crippen molar-refractivity contribution in [1.82, 2.24) is 10.2 Å². The molecule has 1 aromatic rings. The average molecular weight is 304 g/mol. The maximum Gasteiger partial charge on any atom is 0.261 e. The van der Waals surface area contributed by atoms with E-state index in [1.165, 1.54) is 0 Å². The van der Waals surface area contributed by atoms with E-state index >= 15 is 0 Å². The van der Waals surface area contributed by atoms with Crippen LogP contribution in [0.2, 0.25) is 0 Å². The Labute approximate surface area is 129 Å². The maximum absolute atomic E-state index is 12.1. The Morgan fingerprint density at radius 1 is 1.14 bits per heavy atom. The first-order valence-electron chi connectivity index (χ1n) is 7.36. The van der Waals surface area contributed by atoms with Crippen molar-refractivity contribution in [2.24, 2.45) is 0 Å². The smallest absolute Gasteiger partial charge is 0.261 e. The highest BCUT2D eigenvalue weighted by Crippen LogP contribution is 2.22. The summed E-state index contributed by atoms with van der Waals surface area (Å²) in [6.07, 6.45) is 1.84. The van der Waals surface area contributed by atoms with Gasteiger partial charge in [-0.2, -0.15) is 0 Å². The molecule has 0 aliphatic carbocycles. The molecule has 2 rings (SSSR count). The van der Waals surface area contributed by atoms with Gasteiger partial charge in [-0.3, -0.25) is 19.3 Å². The number of amides is 3. The van der Waals surface area contributed by atoms with Crippen molar-refractivity contribution in [2.45, 2.75) is 19.3 Å². The van der Waals surface area contributed by atoms with Gasteiger partial charge in [0.15, 0.2) is 0 Å². The molecular formula is C16H20N2O4. The second-order valence-electron chi connectivity index (χ2n) is 5.11. The van der Waals surface area contributed by atoms with Gasteiger partial charge in [-0.15, -0.1) is 0 Å². The number of hydrogen-bond acceptors (Lipinski definition) is 4. The van der Waals surface area contributed by atoms with Gasteiger partial charge in [-0.25, -0.2) is 0 Å². The van der Waals surface area contributed by atoms with Crippen molar-refractivity contribution < 1.29 is 19.1 Å². The normalized spacial score (nSPS) is 13.4. The molecule has 0 saturated carbocycles. The summed E-state index contributed by atoms with van der Waals surface area (Å²) in [5, 5.41) is 2.77. The third-order valence-electron chi connectivity index (χ3n) is 3.54. The van der Waals surface area contributed by atoms with E-state index < -0.39 is 0 Å². The monoisotopic (exact) mass is 304 g/mol. The van der Waals surface area contributed by atoms with Gasteiger partial charge in [-0.1, -0.05) is 12.1 Å². The molecule has 1 aromatic carbocycles. The van der Waals surface area contributed by atoms with Gasteiger partial charge in [0, 0.05) is 33.2 Å². The Balaban J connectivity index is 1.77. The number of fused-ring (bicyclic) bond motifs is 1. The summed E-state index contributed by atoms with van der Waals surface area (Å²) in [6.45, 7) is 1.35. The largest absolute Gasteiger partial charge is 0.385 e. The first kappa shape index (κ1) is 16.2. The summed E-state index contributed by atoms with van der Waals surface area (Å²) in [6, 6.07) is 6.71. The van der Waals surface area contributed by atoms with Crippen LogP contribution in [0.5, 0.6) is 0 Å². The maximum atomic E-state index is 12.1. The quantitative estimate of drug-likeness (QED) is 0.579. The van der Waals surface area contributed by atoms with Crippen LogP contribution in [0.3, 0.4) is 0 Å². The van der Waals surface area contributed by atoms with Gasteiger partial charge in [0.2, 0.25) is 5.91 Å². The fourth-order valence-corrected chi connectivity index (χ4v) is 2.34. The van der Waals surface area contributed by atoms with Gasteiger partial charge in [0.1, 0.15) is 0 Å². The van der Waals surface area contributed by atoms with E-state index in [1.807, 2.05) is 0 Å². The van der Waals surface area contributed by atoms with Gasteiger partial charge in [0.05, 0.1) is 11.1 Å². The first-order valence-corrected chi connectivity index (χ1v) is 7.36. The standard InChI is InChI=1S/C16H20N2O4/c1-22-11-5-4-9-17-14(19)8-10-18-15(20)12-6-2-3-7-13(12)16(18)21/h2-3,6-7H,4-5,8-11H2,1H3,(H,17,19). The molecule has 0 fully saturated rings. The number of nitrogens with zero attached hydrogens (tertiary/aromatic N) is 1. The Hall–Kier alpha value is -2.21. The van der Waals surface area contributed by atoms with Gasteiger partial charge >= 0.3 is 0 Å². The highest BCUT2D eigenvalue weighted by Gasteiger charge is 2.34. The summed E-state index contributed by atoms with van der Waals surface area (Å²) in [5.74, 6) is -0.809. The van der Waals surface area contributed by atoms with Crippen LogP contribution in [0.25, 0.3) is 0 Å². The lowest BCUT2D eigenvalue weighted by atomic mass is 10.1. The third-order valence-corrected chi connectivity index (χ3v) is 3.54. The Bertz CT molecular complexity index is 536. The van der Waals surface area contributed by atoms with Gasteiger partial charge in [0.25, 0.3) is 11.8 Å². The number of methoxy groups -OCH3 is 1. The van der Waals surface area contributed by atoms with E-state index in [9.17, 15) is 14.4 Å². The fourth-order valence-electron chi connectivity index (χ4n) is 2.34. The summed E-state index contributed by atoms with van der Waals surface area (Å²) < 4.78 is 4.92. The minimum Gasteiger partial charge on any atom is -0.385 e. The van der Waals surface area contributed by atoms with Crippen molar-refractivity contribution in [3.63, 3.8) is 0 Å². The predicted molar refractivity (Wildman–Crippen MR) is 80.5 cm³/mol. The molecule has 1 aliphatic heterocycles. The highest BCUT2D eigenvalue weighted by molar-refractivity contribution is 6.21. The third kappa shape index (κ3) is 3.71. The van der Waals surface area contributed by atoms with E-state index in [4.69, 9.17) is 4.74 Å². The molecule has 0 spiro atoms. The van der Waals surface area contributed by atoms with Crippen LogP contribution in [0.15, 0.2) is 24.3 Å². The summed E-state index contributed by atoms with van der Waals surface area (Å²) >= 11 is 0. The molecule has 118 valence electrons. The number of carbonyl (C=O) groups is 3. The molecule has 0 aromatic heterocycles. The number of benzene rings is 1. The van der Waals surface area contributed by atoms with Crippen LogP contribution in [0.1, 0.15) is 40.0 Å². The molecule has 0 radical (unpaired) electrons. The number of carbonyl (C=O) groups excluding carboxylic acids is 3. The molecular weight excluding hydrogens is 284 g/mol. The lowest BCUT2D eigenvalue weighted by molar-refractivity contribution is -0.121. The highest BCUT2D eigenvalue weighted by atomic mass is 16.5. The van der Waals surface area contributed by atoms with E-state index in [0.29, 0.717) is 24.3 Å². The first-order chi connectivity index (χ1) is 10.6. The zero-order valence-electron chi connectivity index (χ0n) is 12.6. The van der Waals surface area contributed by atoms with Crippen LogP contribution in [0, 0.1) is 0 Å². The molecule has 1 heterocycles. The molecule has 0 bridgehead atoms. The Kier molecular flexibility index (Phi) is 5.66. The Morgan fingerprint density at radius 2 is 1.77 bits per heavy atom. The van der Waals surface area contributed by atoms with Crippen molar-refractivity contribution in [2.75, 3.05) is 26.8 Å². The lowest BCUT2D eigenvalue weighted by Gasteiger charge is -2.13. The fraction of sp³-hybridized carbons (Fsp3) is 0.438. The van der Waals surface area contributed by atoms with Crippen LogP contribution in [-0.4, -0.2) is 49.4 Å². The summed E-state index contributed by atoms with van der Waals surface area (Å²) in [5.41, 5.74) is 0.819. The molecule has 3 amide bonds. The number of ether oxygens (including phenoxy) is 1. The second-order valence-corrected chi connectivity index (χ2v) is 5.11. The lowest BCUT2D eigenvalue weighted by Crippen LogP contribution is -2.34. The van der Waals surface area contributed by atoms with Crippen LogP contribution < -0.4 is 5.32 Å². The van der Waals surface area contributed by atoms with Crippen LogP contribution in [-0.2, 0) is 9.53 Å². The van der Waals surface area contributed by atoms with Crippen molar-refractivity contribution in [1.29, 1.82) is 0 Å². The van der Waals surface area contributed by atoms with Crippen molar-refractivity contribution >= 4 is 17.7 Å². The minimum absolute atomic E-state index is 0.107. The molecule has 1 N–H and O–H groups in total. The van der Waals surface area contributed by atoms with Crippen LogP contribution in [0.4, 0.5) is 0 Å².